The molecule has 1 aromatic carbocycles. The second-order valence-corrected chi connectivity index (χ2v) is 4.64. The molecule has 0 fully saturated rings. The molecule has 0 saturated heterocycles. The first-order valence-corrected chi connectivity index (χ1v) is 6.75. The van der Waals surface area contributed by atoms with Crippen LogP contribution in [-0.2, 0) is 4.79 Å². The van der Waals surface area contributed by atoms with Gasteiger partial charge in [0.15, 0.2) is 0 Å². The van der Waals surface area contributed by atoms with Crippen LogP contribution in [0.25, 0.3) is 5.69 Å². The summed E-state index contributed by atoms with van der Waals surface area (Å²) in [5, 5.41) is 11.6. The summed E-state index contributed by atoms with van der Waals surface area (Å²) in [6, 6.07) is 8.39. The zero-order chi connectivity index (χ0) is 15.2. The standard InChI is InChI=1S/C15H17N3O3/c1-2-6-12(15(20)21)17-14(19)13-9-16-10-18(13)11-7-4-3-5-8-11/h3-5,7-10,12H,2,6H2,1H3,(H,17,19)(H,20,21)/t12-/m0/s1. The van der Waals surface area contributed by atoms with Gasteiger partial charge in [0.2, 0.25) is 0 Å². The van der Waals surface area contributed by atoms with Crippen LogP contribution in [0, 0.1) is 0 Å². The van der Waals surface area contributed by atoms with Gasteiger partial charge in [0.1, 0.15) is 11.7 Å². The number of hydrogen-bond acceptors (Lipinski definition) is 3. The third-order valence-electron chi connectivity index (χ3n) is 3.09. The molecule has 0 aliphatic carbocycles. The van der Waals surface area contributed by atoms with Crippen molar-refractivity contribution in [2.24, 2.45) is 0 Å². The van der Waals surface area contributed by atoms with Gasteiger partial charge in [-0.15, -0.1) is 0 Å². The molecule has 0 aliphatic rings. The van der Waals surface area contributed by atoms with Gasteiger partial charge in [-0.1, -0.05) is 31.5 Å². The van der Waals surface area contributed by atoms with Crippen molar-refractivity contribution in [2.75, 3.05) is 0 Å². The first-order chi connectivity index (χ1) is 10.1. The number of aromatic nitrogens is 2. The summed E-state index contributed by atoms with van der Waals surface area (Å²) in [5.74, 6) is -1.48. The summed E-state index contributed by atoms with van der Waals surface area (Å²) < 4.78 is 1.63. The minimum atomic E-state index is -1.03. The van der Waals surface area contributed by atoms with E-state index in [1.165, 1.54) is 12.5 Å². The van der Waals surface area contributed by atoms with Crippen LogP contribution in [0.1, 0.15) is 30.3 Å². The van der Waals surface area contributed by atoms with Crippen molar-refractivity contribution in [3.8, 4) is 5.69 Å². The molecule has 21 heavy (non-hydrogen) atoms. The summed E-state index contributed by atoms with van der Waals surface area (Å²) >= 11 is 0. The molecule has 1 heterocycles. The van der Waals surface area contributed by atoms with E-state index in [0.717, 1.165) is 5.69 Å². The fourth-order valence-electron chi connectivity index (χ4n) is 2.04. The van der Waals surface area contributed by atoms with Crippen LogP contribution in [0.5, 0.6) is 0 Å². The lowest BCUT2D eigenvalue weighted by molar-refractivity contribution is -0.139. The van der Waals surface area contributed by atoms with Gasteiger partial charge < -0.3 is 10.4 Å². The molecule has 2 rings (SSSR count). The second kappa shape index (κ2) is 6.69. The van der Waals surface area contributed by atoms with Gasteiger partial charge in [0.05, 0.1) is 12.5 Å². The molecule has 6 nitrogen and oxygen atoms in total. The topological polar surface area (TPSA) is 84.2 Å². The highest BCUT2D eigenvalue weighted by atomic mass is 16.4. The van der Waals surface area contributed by atoms with E-state index in [2.05, 4.69) is 10.3 Å². The van der Waals surface area contributed by atoms with Crippen molar-refractivity contribution < 1.29 is 14.7 Å². The summed E-state index contributed by atoms with van der Waals surface area (Å²) in [7, 11) is 0. The first kappa shape index (κ1) is 14.8. The molecule has 2 N–H and O–H groups in total. The van der Waals surface area contributed by atoms with Crippen LogP contribution in [-0.4, -0.2) is 32.6 Å². The quantitative estimate of drug-likeness (QED) is 0.849. The van der Waals surface area contributed by atoms with Gasteiger partial charge in [-0.05, 0) is 18.6 Å². The number of aliphatic carboxylic acids is 1. The highest BCUT2D eigenvalue weighted by Gasteiger charge is 2.21. The minimum Gasteiger partial charge on any atom is -0.480 e. The van der Waals surface area contributed by atoms with E-state index >= 15 is 0 Å². The predicted molar refractivity (Wildman–Crippen MR) is 77.4 cm³/mol. The second-order valence-electron chi connectivity index (χ2n) is 4.64. The largest absolute Gasteiger partial charge is 0.480 e. The minimum absolute atomic E-state index is 0.309. The molecule has 0 unspecified atom stereocenters. The number of carboxylic acids is 1. The van der Waals surface area contributed by atoms with E-state index < -0.39 is 17.9 Å². The fraction of sp³-hybridized carbons (Fsp3) is 0.267. The molecule has 0 aliphatic heterocycles. The number of carbonyl (C=O) groups excluding carboxylic acids is 1. The Morgan fingerprint density at radius 1 is 1.33 bits per heavy atom. The fourth-order valence-corrected chi connectivity index (χ4v) is 2.04. The Balaban J connectivity index is 2.21. The van der Waals surface area contributed by atoms with Gasteiger partial charge >= 0.3 is 5.97 Å². The van der Waals surface area contributed by atoms with Gasteiger partial charge in [-0.25, -0.2) is 9.78 Å². The maximum atomic E-state index is 12.3. The SMILES string of the molecule is CCC[C@H](NC(=O)c1cncn1-c1ccccc1)C(=O)O. The van der Waals surface area contributed by atoms with Gasteiger partial charge in [0, 0.05) is 5.69 Å². The maximum Gasteiger partial charge on any atom is 0.326 e. The molecule has 0 spiro atoms. The number of amides is 1. The number of carbonyl (C=O) groups is 2. The molecule has 1 atom stereocenters. The molecule has 0 bridgehead atoms. The number of benzene rings is 1. The molecule has 1 amide bonds. The van der Waals surface area contributed by atoms with Crippen LogP contribution in [0.3, 0.4) is 0 Å². The summed E-state index contributed by atoms with van der Waals surface area (Å²) in [6.45, 7) is 1.87. The Labute approximate surface area is 122 Å². The predicted octanol–water partition coefficient (Wildman–Crippen LogP) is 1.86. The van der Waals surface area contributed by atoms with Crippen LogP contribution in [0.4, 0.5) is 0 Å². The molecule has 2 aromatic rings. The van der Waals surface area contributed by atoms with Crippen molar-refractivity contribution in [1.82, 2.24) is 14.9 Å². The Kier molecular flexibility index (Phi) is 4.71. The van der Waals surface area contributed by atoms with Gasteiger partial charge in [-0.2, -0.15) is 0 Å². The van der Waals surface area contributed by atoms with Crippen molar-refractivity contribution in [3.05, 3.63) is 48.5 Å². The summed E-state index contributed by atoms with van der Waals surface area (Å²) in [5.41, 5.74) is 1.10. The number of rotatable bonds is 6. The molecule has 6 heteroatoms. The van der Waals surface area contributed by atoms with E-state index in [0.29, 0.717) is 18.5 Å². The zero-order valence-corrected chi connectivity index (χ0v) is 11.7. The molecule has 1 aromatic heterocycles. The van der Waals surface area contributed by atoms with Crippen molar-refractivity contribution in [2.45, 2.75) is 25.8 Å². The lowest BCUT2D eigenvalue weighted by Gasteiger charge is -2.14. The van der Waals surface area contributed by atoms with Crippen molar-refractivity contribution in [3.63, 3.8) is 0 Å². The molecular formula is C15H17N3O3. The number of nitrogens with zero attached hydrogens (tertiary/aromatic N) is 2. The van der Waals surface area contributed by atoms with E-state index in [-0.39, 0.29) is 0 Å². The lowest BCUT2D eigenvalue weighted by atomic mass is 10.1. The van der Waals surface area contributed by atoms with Gasteiger partial charge in [0.25, 0.3) is 5.91 Å². The van der Waals surface area contributed by atoms with Crippen molar-refractivity contribution >= 4 is 11.9 Å². The Hall–Kier alpha value is -2.63. The monoisotopic (exact) mass is 287 g/mol. The van der Waals surface area contributed by atoms with Crippen LogP contribution < -0.4 is 5.32 Å². The van der Waals surface area contributed by atoms with E-state index in [4.69, 9.17) is 5.11 Å². The van der Waals surface area contributed by atoms with E-state index in [1.54, 1.807) is 4.57 Å². The highest BCUT2D eigenvalue weighted by Crippen LogP contribution is 2.11. The number of carboxylic acid groups (broad SMARTS) is 1. The normalized spacial score (nSPS) is 11.9. The number of imidazole rings is 1. The third kappa shape index (κ3) is 3.47. The summed E-state index contributed by atoms with van der Waals surface area (Å²) in [6.07, 6.45) is 4.02. The van der Waals surface area contributed by atoms with Crippen LogP contribution in [0.15, 0.2) is 42.9 Å². The number of hydrogen-bond donors (Lipinski definition) is 2. The Morgan fingerprint density at radius 3 is 2.67 bits per heavy atom. The molecular weight excluding hydrogens is 270 g/mol. The van der Waals surface area contributed by atoms with Gasteiger partial charge in [-0.3, -0.25) is 9.36 Å². The zero-order valence-electron chi connectivity index (χ0n) is 11.7. The molecule has 110 valence electrons. The Bertz CT molecular complexity index is 622. The first-order valence-electron chi connectivity index (χ1n) is 6.75. The van der Waals surface area contributed by atoms with E-state index in [9.17, 15) is 9.59 Å². The third-order valence-corrected chi connectivity index (χ3v) is 3.09. The maximum absolute atomic E-state index is 12.3. The van der Waals surface area contributed by atoms with E-state index in [1.807, 2.05) is 37.3 Å². The molecule has 0 saturated carbocycles. The average Bonchev–Trinajstić information content (AvgIpc) is 2.97. The highest BCUT2D eigenvalue weighted by molar-refractivity contribution is 5.95. The Morgan fingerprint density at radius 2 is 2.05 bits per heavy atom. The average molecular weight is 287 g/mol. The number of nitrogens with one attached hydrogen (secondary N) is 1. The smallest absolute Gasteiger partial charge is 0.326 e. The lowest BCUT2D eigenvalue weighted by Crippen LogP contribution is -2.41. The molecule has 0 radical (unpaired) electrons. The number of para-hydroxylation sites is 1. The van der Waals surface area contributed by atoms with Crippen LogP contribution in [0.2, 0.25) is 0 Å². The van der Waals surface area contributed by atoms with Crippen LogP contribution >= 0.6 is 0 Å². The van der Waals surface area contributed by atoms with Crippen molar-refractivity contribution in [1.29, 1.82) is 0 Å². The summed E-state index contributed by atoms with van der Waals surface area (Å²) in [4.78, 5) is 27.3.